The summed E-state index contributed by atoms with van der Waals surface area (Å²) in [6, 6.07) is 1.18. The van der Waals surface area contributed by atoms with Crippen LogP contribution >= 0.6 is 11.3 Å². The van der Waals surface area contributed by atoms with Crippen molar-refractivity contribution in [2.45, 2.75) is 51.0 Å². The van der Waals surface area contributed by atoms with Crippen LogP contribution in [0.5, 0.6) is 0 Å². The predicted octanol–water partition coefficient (Wildman–Crippen LogP) is 2.86. The highest BCUT2D eigenvalue weighted by molar-refractivity contribution is 7.89. The summed E-state index contributed by atoms with van der Waals surface area (Å²) in [4.78, 5) is 11.6. The Labute approximate surface area is 129 Å². The lowest BCUT2D eigenvalue weighted by molar-refractivity contribution is 0.0702. The Kier molecular flexibility index (Phi) is 4.75. The van der Waals surface area contributed by atoms with Crippen molar-refractivity contribution in [1.29, 1.82) is 0 Å². The number of carboxylic acid groups (broad SMARTS) is 1. The fraction of sp³-hybridized carbons (Fsp3) is 0.643. The van der Waals surface area contributed by atoms with Crippen LogP contribution in [0.1, 0.15) is 47.7 Å². The van der Waals surface area contributed by atoms with Crippen LogP contribution in [0.15, 0.2) is 11.0 Å². The van der Waals surface area contributed by atoms with Gasteiger partial charge in [-0.25, -0.2) is 17.9 Å². The molecule has 0 amide bonds. The van der Waals surface area contributed by atoms with Gasteiger partial charge in [-0.3, -0.25) is 0 Å². The molecule has 1 fully saturated rings. The van der Waals surface area contributed by atoms with E-state index in [0.29, 0.717) is 16.7 Å². The Morgan fingerprint density at radius 2 is 2.05 bits per heavy atom. The monoisotopic (exact) mass is 331 g/mol. The molecule has 0 radical (unpaired) electrons. The van der Waals surface area contributed by atoms with Crippen molar-refractivity contribution < 1.29 is 18.3 Å². The number of nitrogens with one attached hydrogen (secondary N) is 1. The second-order valence-electron chi connectivity index (χ2n) is 5.96. The highest BCUT2D eigenvalue weighted by Gasteiger charge is 2.31. The van der Waals surface area contributed by atoms with Crippen LogP contribution in [-0.2, 0) is 10.0 Å². The van der Waals surface area contributed by atoms with Crippen LogP contribution in [-0.4, -0.2) is 25.5 Å². The van der Waals surface area contributed by atoms with Crippen LogP contribution in [0.2, 0.25) is 0 Å². The van der Waals surface area contributed by atoms with Gasteiger partial charge in [-0.05, 0) is 44.1 Å². The maximum absolute atomic E-state index is 12.5. The first-order chi connectivity index (χ1) is 9.70. The third-order valence-electron chi connectivity index (χ3n) is 4.11. The topological polar surface area (TPSA) is 83.5 Å². The van der Waals surface area contributed by atoms with E-state index in [1.165, 1.54) is 6.07 Å². The highest BCUT2D eigenvalue weighted by atomic mass is 32.2. The van der Waals surface area contributed by atoms with Crippen molar-refractivity contribution in [1.82, 2.24) is 4.72 Å². The van der Waals surface area contributed by atoms with Crippen molar-refractivity contribution in [2.24, 2.45) is 11.8 Å². The van der Waals surface area contributed by atoms with Crippen LogP contribution < -0.4 is 4.72 Å². The zero-order valence-electron chi connectivity index (χ0n) is 12.4. The lowest BCUT2D eigenvalue weighted by Gasteiger charge is -2.32. The lowest BCUT2D eigenvalue weighted by atomic mass is 9.80. The Hall–Kier alpha value is -0.920. The molecule has 1 aliphatic carbocycles. The summed E-state index contributed by atoms with van der Waals surface area (Å²) in [5.74, 6) is -0.173. The Balaban J connectivity index is 2.20. The molecule has 3 atom stereocenters. The number of hydrogen-bond donors (Lipinski definition) is 2. The molecule has 1 aromatic heterocycles. The zero-order chi connectivity index (χ0) is 15.8. The lowest BCUT2D eigenvalue weighted by Crippen LogP contribution is -2.42. The van der Waals surface area contributed by atoms with Gasteiger partial charge < -0.3 is 5.11 Å². The quantitative estimate of drug-likeness (QED) is 0.888. The van der Waals surface area contributed by atoms with E-state index in [2.05, 4.69) is 18.6 Å². The summed E-state index contributed by atoms with van der Waals surface area (Å²) >= 11 is 0.994. The third-order valence-corrected chi connectivity index (χ3v) is 6.89. The first kappa shape index (κ1) is 16.5. The van der Waals surface area contributed by atoms with Gasteiger partial charge in [0.1, 0.15) is 4.88 Å². The van der Waals surface area contributed by atoms with Gasteiger partial charge in [0.15, 0.2) is 0 Å². The van der Waals surface area contributed by atoms with Gasteiger partial charge in [-0.15, -0.1) is 11.3 Å². The first-order valence-corrected chi connectivity index (χ1v) is 9.36. The van der Waals surface area contributed by atoms with Gasteiger partial charge >= 0.3 is 5.97 Å². The van der Waals surface area contributed by atoms with Crippen molar-refractivity contribution in [3.63, 3.8) is 0 Å². The number of aryl methyl sites for hydroxylation is 1. The number of rotatable bonds is 4. The van der Waals surface area contributed by atoms with Gasteiger partial charge in [0.05, 0.1) is 4.90 Å². The van der Waals surface area contributed by atoms with Crippen molar-refractivity contribution in [3.8, 4) is 0 Å². The van der Waals surface area contributed by atoms with E-state index in [0.717, 1.165) is 30.6 Å². The molecule has 2 rings (SSSR count). The van der Waals surface area contributed by atoms with E-state index in [1.54, 1.807) is 6.92 Å². The number of thiophene rings is 1. The molecule has 3 unspecified atom stereocenters. The minimum absolute atomic E-state index is 0.0539. The average molecular weight is 331 g/mol. The maximum Gasteiger partial charge on any atom is 0.345 e. The van der Waals surface area contributed by atoms with Crippen LogP contribution in [0, 0.1) is 18.8 Å². The maximum atomic E-state index is 12.5. The molecule has 7 heteroatoms. The van der Waals surface area contributed by atoms with Crippen molar-refractivity contribution in [2.75, 3.05) is 0 Å². The van der Waals surface area contributed by atoms with Gasteiger partial charge in [-0.2, -0.15) is 0 Å². The number of aromatic carboxylic acids is 1. The van der Waals surface area contributed by atoms with Crippen LogP contribution in [0.25, 0.3) is 0 Å². The molecule has 1 aliphatic rings. The first-order valence-electron chi connectivity index (χ1n) is 7.06. The van der Waals surface area contributed by atoms with E-state index in [9.17, 15) is 13.2 Å². The molecule has 0 spiro atoms. The summed E-state index contributed by atoms with van der Waals surface area (Å²) < 4.78 is 27.7. The molecule has 21 heavy (non-hydrogen) atoms. The number of carboxylic acids is 1. The van der Waals surface area contributed by atoms with Crippen LogP contribution in [0.3, 0.4) is 0 Å². The van der Waals surface area contributed by atoms with E-state index in [4.69, 9.17) is 5.11 Å². The molecule has 0 aliphatic heterocycles. The van der Waals surface area contributed by atoms with E-state index < -0.39 is 16.0 Å². The van der Waals surface area contributed by atoms with Gasteiger partial charge in [0.2, 0.25) is 10.0 Å². The number of sulfonamides is 1. The summed E-state index contributed by atoms with van der Waals surface area (Å²) in [6.45, 7) is 5.88. The van der Waals surface area contributed by atoms with E-state index in [1.807, 2.05) is 0 Å². The molecule has 0 aromatic carbocycles. The largest absolute Gasteiger partial charge is 0.477 e. The average Bonchev–Trinajstić information content (AvgIpc) is 2.76. The Bertz CT molecular complexity index is 635. The normalized spacial score (nSPS) is 26.7. The second-order valence-corrected chi connectivity index (χ2v) is 8.90. The Morgan fingerprint density at radius 1 is 1.38 bits per heavy atom. The zero-order valence-corrected chi connectivity index (χ0v) is 14.1. The van der Waals surface area contributed by atoms with Crippen molar-refractivity contribution >= 4 is 27.3 Å². The molecule has 0 bridgehead atoms. The van der Waals surface area contributed by atoms with Gasteiger partial charge in [0, 0.05) is 10.9 Å². The molecule has 1 aromatic rings. The molecular weight excluding hydrogens is 310 g/mol. The standard InChI is InChI=1S/C14H21NO4S2/c1-8-4-5-11(9(2)6-8)15-21(18,19)13-7-12(14(16)17)20-10(13)3/h7-9,11,15H,4-6H2,1-3H3,(H,16,17). The summed E-state index contributed by atoms with van der Waals surface area (Å²) in [5.41, 5.74) is 0. The molecule has 1 saturated carbocycles. The highest BCUT2D eigenvalue weighted by Crippen LogP contribution is 2.31. The second kappa shape index (κ2) is 6.06. The van der Waals surface area contributed by atoms with E-state index in [-0.39, 0.29) is 15.8 Å². The fourth-order valence-electron chi connectivity index (χ4n) is 2.94. The molecule has 118 valence electrons. The smallest absolute Gasteiger partial charge is 0.345 e. The van der Waals surface area contributed by atoms with Gasteiger partial charge in [-0.1, -0.05) is 13.8 Å². The minimum Gasteiger partial charge on any atom is -0.477 e. The third kappa shape index (κ3) is 3.64. The molecule has 1 heterocycles. The van der Waals surface area contributed by atoms with Crippen molar-refractivity contribution in [3.05, 3.63) is 15.8 Å². The molecular formula is C14H21NO4S2. The SMILES string of the molecule is Cc1sc(C(=O)O)cc1S(=O)(=O)NC1CCC(C)CC1C. The summed E-state index contributed by atoms with van der Waals surface area (Å²) in [7, 11) is -3.66. The number of hydrogen-bond acceptors (Lipinski definition) is 4. The summed E-state index contributed by atoms with van der Waals surface area (Å²) in [6.07, 6.45) is 2.85. The molecule has 2 N–H and O–H groups in total. The van der Waals surface area contributed by atoms with E-state index >= 15 is 0 Å². The van der Waals surface area contributed by atoms with Crippen LogP contribution in [0.4, 0.5) is 0 Å². The van der Waals surface area contributed by atoms with Gasteiger partial charge in [0.25, 0.3) is 0 Å². The molecule has 5 nitrogen and oxygen atoms in total. The Morgan fingerprint density at radius 3 is 2.57 bits per heavy atom. The predicted molar refractivity (Wildman–Crippen MR) is 82.3 cm³/mol. The summed E-state index contributed by atoms with van der Waals surface area (Å²) in [5, 5.41) is 8.98. The fourth-order valence-corrected chi connectivity index (χ4v) is 5.75. The minimum atomic E-state index is -3.66. The number of carbonyl (C=O) groups is 1. The molecule has 0 saturated heterocycles.